The van der Waals surface area contributed by atoms with Gasteiger partial charge in [-0.15, -0.1) is 0 Å². The quantitative estimate of drug-likeness (QED) is 0.828. The molecule has 8 heteroatoms. The van der Waals surface area contributed by atoms with E-state index < -0.39 is 10.0 Å². The van der Waals surface area contributed by atoms with Crippen molar-refractivity contribution in [1.82, 2.24) is 9.29 Å². The largest absolute Gasteiger partial charge is 0.326 e. The number of hydrogen-bond acceptors (Lipinski definition) is 4. The zero-order valence-corrected chi connectivity index (χ0v) is 15.0. The number of carbonyl (C=O) groups is 1. The van der Waals surface area contributed by atoms with Gasteiger partial charge >= 0.3 is 0 Å². The van der Waals surface area contributed by atoms with Crippen LogP contribution in [0.1, 0.15) is 12.8 Å². The average molecular weight is 380 g/mol. The molecule has 1 aliphatic heterocycles. The summed E-state index contributed by atoms with van der Waals surface area (Å²) in [6.07, 6.45) is 2.38. The number of sulfonamides is 1. The first-order valence-corrected chi connectivity index (χ1v) is 9.77. The van der Waals surface area contributed by atoms with Gasteiger partial charge in [0.2, 0.25) is 15.9 Å². The molecule has 2 aromatic rings. The minimum Gasteiger partial charge on any atom is -0.326 e. The van der Waals surface area contributed by atoms with Gasteiger partial charge in [-0.05, 0) is 37.1 Å². The van der Waals surface area contributed by atoms with E-state index in [1.807, 2.05) is 30.3 Å². The Balaban J connectivity index is 1.64. The third-order valence-electron chi connectivity index (χ3n) is 4.21. The molecule has 1 saturated heterocycles. The van der Waals surface area contributed by atoms with Crippen LogP contribution in [0.2, 0.25) is 5.15 Å². The van der Waals surface area contributed by atoms with Gasteiger partial charge in [0, 0.05) is 30.9 Å². The number of piperidine rings is 1. The summed E-state index contributed by atoms with van der Waals surface area (Å²) in [6.45, 7) is 0.556. The van der Waals surface area contributed by atoms with Crippen LogP contribution in [0, 0.1) is 5.92 Å². The second-order valence-electron chi connectivity index (χ2n) is 5.83. The van der Waals surface area contributed by atoms with Gasteiger partial charge in [-0.1, -0.05) is 29.8 Å². The van der Waals surface area contributed by atoms with Gasteiger partial charge < -0.3 is 5.32 Å². The fourth-order valence-corrected chi connectivity index (χ4v) is 4.72. The molecule has 1 N–H and O–H groups in total. The molecule has 0 unspecified atom stereocenters. The van der Waals surface area contributed by atoms with Crippen molar-refractivity contribution in [2.45, 2.75) is 17.7 Å². The van der Waals surface area contributed by atoms with Crippen LogP contribution in [0.25, 0.3) is 0 Å². The van der Waals surface area contributed by atoms with E-state index in [1.165, 1.54) is 16.6 Å². The number of para-hydroxylation sites is 1. The number of amides is 1. The molecule has 1 amide bonds. The number of pyridine rings is 1. The van der Waals surface area contributed by atoms with Crippen molar-refractivity contribution in [3.63, 3.8) is 0 Å². The van der Waals surface area contributed by atoms with Crippen LogP contribution in [0.15, 0.2) is 53.6 Å². The first-order chi connectivity index (χ1) is 12.0. The highest BCUT2D eigenvalue weighted by Gasteiger charge is 2.33. The number of aromatic nitrogens is 1. The molecule has 0 aliphatic carbocycles. The van der Waals surface area contributed by atoms with Crippen molar-refractivity contribution in [1.29, 1.82) is 0 Å². The molecule has 1 aromatic heterocycles. The molecule has 0 bridgehead atoms. The standard InChI is InChI=1S/C17H18ClN3O3S/c18-16-15(7-4-10-19-16)25(23,24)21-11-8-13(9-12-21)17(22)20-14-5-2-1-3-6-14/h1-7,10,13H,8-9,11-12H2,(H,20,22). The maximum absolute atomic E-state index is 12.7. The Bertz CT molecular complexity index is 850. The Morgan fingerprint density at radius 1 is 1.12 bits per heavy atom. The van der Waals surface area contributed by atoms with Crippen LogP contribution in [-0.2, 0) is 14.8 Å². The van der Waals surface area contributed by atoms with Gasteiger partial charge in [-0.2, -0.15) is 4.31 Å². The third-order valence-corrected chi connectivity index (χ3v) is 6.55. The van der Waals surface area contributed by atoms with E-state index >= 15 is 0 Å². The average Bonchev–Trinajstić information content (AvgIpc) is 2.63. The van der Waals surface area contributed by atoms with Crippen LogP contribution < -0.4 is 5.32 Å². The smallest absolute Gasteiger partial charge is 0.246 e. The van der Waals surface area contributed by atoms with E-state index in [1.54, 1.807) is 6.07 Å². The molecule has 3 rings (SSSR count). The van der Waals surface area contributed by atoms with Crippen molar-refractivity contribution in [2.24, 2.45) is 5.92 Å². The summed E-state index contributed by atoms with van der Waals surface area (Å²) in [4.78, 5) is 16.2. The number of benzene rings is 1. The van der Waals surface area contributed by atoms with Gasteiger partial charge in [-0.25, -0.2) is 13.4 Å². The summed E-state index contributed by atoms with van der Waals surface area (Å²) in [6, 6.07) is 12.2. The lowest BCUT2D eigenvalue weighted by atomic mass is 9.97. The van der Waals surface area contributed by atoms with Crippen LogP contribution in [0.5, 0.6) is 0 Å². The van der Waals surface area contributed by atoms with Crippen LogP contribution in [-0.4, -0.2) is 36.7 Å². The number of rotatable bonds is 4. The van der Waals surface area contributed by atoms with Gasteiger partial charge in [0.15, 0.2) is 0 Å². The SMILES string of the molecule is O=C(Nc1ccccc1)C1CCN(S(=O)(=O)c2cccnc2Cl)CC1. The molecular weight excluding hydrogens is 362 g/mol. The van der Waals surface area contributed by atoms with Crippen molar-refractivity contribution in [3.8, 4) is 0 Å². The molecule has 132 valence electrons. The maximum Gasteiger partial charge on any atom is 0.246 e. The number of halogens is 1. The Kier molecular flexibility index (Phi) is 5.36. The minimum atomic E-state index is -3.69. The molecule has 0 atom stereocenters. The van der Waals surface area contributed by atoms with Crippen molar-refractivity contribution < 1.29 is 13.2 Å². The maximum atomic E-state index is 12.7. The van der Waals surface area contributed by atoms with E-state index in [2.05, 4.69) is 10.3 Å². The summed E-state index contributed by atoms with van der Waals surface area (Å²) < 4.78 is 26.7. The third kappa shape index (κ3) is 4.00. The predicted molar refractivity (Wildman–Crippen MR) is 95.8 cm³/mol. The van der Waals surface area contributed by atoms with E-state index in [-0.39, 0.29) is 35.0 Å². The molecular formula is C17H18ClN3O3S. The van der Waals surface area contributed by atoms with Crippen molar-refractivity contribution >= 4 is 33.2 Å². The molecule has 0 saturated carbocycles. The summed E-state index contributed by atoms with van der Waals surface area (Å²) in [7, 11) is -3.69. The highest BCUT2D eigenvalue weighted by Crippen LogP contribution is 2.27. The van der Waals surface area contributed by atoms with E-state index in [0.29, 0.717) is 12.8 Å². The van der Waals surface area contributed by atoms with Gasteiger partial charge in [-0.3, -0.25) is 4.79 Å². The normalized spacial score (nSPS) is 16.5. The highest BCUT2D eigenvalue weighted by atomic mass is 35.5. The number of nitrogens with one attached hydrogen (secondary N) is 1. The Morgan fingerprint density at radius 3 is 2.44 bits per heavy atom. The van der Waals surface area contributed by atoms with Gasteiger partial charge in [0.25, 0.3) is 0 Å². The lowest BCUT2D eigenvalue weighted by Crippen LogP contribution is -2.41. The molecule has 1 aliphatic rings. The predicted octanol–water partition coefficient (Wildman–Crippen LogP) is 2.77. The first-order valence-electron chi connectivity index (χ1n) is 7.95. The van der Waals surface area contributed by atoms with Crippen LogP contribution in [0.3, 0.4) is 0 Å². The fourth-order valence-electron chi connectivity index (χ4n) is 2.83. The van der Waals surface area contributed by atoms with E-state index in [9.17, 15) is 13.2 Å². The zero-order valence-electron chi connectivity index (χ0n) is 13.4. The number of anilines is 1. The molecule has 1 fully saturated rings. The molecule has 0 spiro atoms. The topological polar surface area (TPSA) is 79.4 Å². The number of carbonyl (C=O) groups excluding carboxylic acids is 1. The Labute approximate surface area is 151 Å². The molecule has 6 nitrogen and oxygen atoms in total. The van der Waals surface area contributed by atoms with E-state index in [0.717, 1.165) is 5.69 Å². The second kappa shape index (κ2) is 7.51. The molecule has 1 aromatic carbocycles. The zero-order chi connectivity index (χ0) is 17.9. The minimum absolute atomic E-state index is 0.00357. The molecule has 2 heterocycles. The highest BCUT2D eigenvalue weighted by molar-refractivity contribution is 7.89. The van der Waals surface area contributed by atoms with Crippen LogP contribution in [0.4, 0.5) is 5.69 Å². The van der Waals surface area contributed by atoms with Crippen LogP contribution >= 0.6 is 11.6 Å². The monoisotopic (exact) mass is 379 g/mol. The summed E-state index contributed by atoms with van der Waals surface area (Å²) in [5, 5.41) is 2.83. The number of hydrogen-bond donors (Lipinski definition) is 1. The summed E-state index contributed by atoms with van der Waals surface area (Å²) in [5.74, 6) is -0.293. The fraction of sp³-hybridized carbons (Fsp3) is 0.294. The second-order valence-corrected chi connectivity index (χ2v) is 8.09. The number of nitrogens with zero attached hydrogens (tertiary/aromatic N) is 2. The van der Waals surface area contributed by atoms with Gasteiger partial charge in [0.05, 0.1) is 0 Å². The Hall–Kier alpha value is -1.96. The van der Waals surface area contributed by atoms with Gasteiger partial charge in [0.1, 0.15) is 10.0 Å². The van der Waals surface area contributed by atoms with E-state index in [4.69, 9.17) is 11.6 Å². The summed E-state index contributed by atoms with van der Waals surface area (Å²) >= 11 is 5.92. The Morgan fingerprint density at radius 2 is 1.80 bits per heavy atom. The first kappa shape index (κ1) is 17.8. The molecule has 0 radical (unpaired) electrons. The lowest BCUT2D eigenvalue weighted by Gasteiger charge is -2.30. The summed E-state index contributed by atoms with van der Waals surface area (Å²) in [5.41, 5.74) is 0.740. The molecule has 25 heavy (non-hydrogen) atoms. The van der Waals surface area contributed by atoms with Crippen molar-refractivity contribution in [3.05, 3.63) is 53.8 Å². The lowest BCUT2D eigenvalue weighted by molar-refractivity contribution is -0.120. The van der Waals surface area contributed by atoms with Crippen molar-refractivity contribution in [2.75, 3.05) is 18.4 Å².